The summed E-state index contributed by atoms with van der Waals surface area (Å²) in [5.74, 6) is -1.30. The Morgan fingerprint density at radius 2 is 1.81 bits per heavy atom. The average Bonchev–Trinajstić information content (AvgIpc) is 3.09. The van der Waals surface area contributed by atoms with E-state index < -0.39 is 5.97 Å². The van der Waals surface area contributed by atoms with Crippen molar-refractivity contribution < 1.29 is 14.7 Å². The van der Waals surface area contributed by atoms with Crippen LogP contribution in [-0.2, 0) is 11.2 Å². The fourth-order valence-electron chi connectivity index (χ4n) is 2.29. The van der Waals surface area contributed by atoms with Crippen molar-refractivity contribution in [2.24, 2.45) is 0 Å². The highest BCUT2D eigenvalue weighted by molar-refractivity contribution is 7.13. The van der Waals surface area contributed by atoms with E-state index in [0.717, 1.165) is 22.5 Å². The normalized spacial score (nSPS) is 10.5. The van der Waals surface area contributed by atoms with E-state index in [0.29, 0.717) is 15.7 Å². The highest BCUT2D eigenvalue weighted by atomic mass is 35.5. The zero-order valence-corrected chi connectivity index (χ0v) is 15.0. The first-order valence-corrected chi connectivity index (χ1v) is 8.92. The summed E-state index contributed by atoms with van der Waals surface area (Å²) in [7, 11) is 0. The van der Waals surface area contributed by atoms with Crippen molar-refractivity contribution in [1.29, 1.82) is 0 Å². The quantitative estimate of drug-likeness (QED) is 0.663. The number of benzene rings is 2. The Balaban J connectivity index is 1.72. The molecular weight excluding hydrogens is 374 g/mol. The Bertz CT molecular complexity index is 958. The molecule has 132 valence electrons. The number of carboxylic acids is 1. The maximum Gasteiger partial charge on any atom is 0.303 e. The summed E-state index contributed by atoms with van der Waals surface area (Å²) in [5.41, 5.74) is 2.49. The molecule has 2 aromatic carbocycles. The van der Waals surface area contributed by atoms with Gasteiger partial charge < -0.3 is 10.4 Å². The number of nitrogens with zero attached hydrogens (tertiary/aromatic N) is 2. The number of aromatic nitrogens is 2. The van der Waals surface area contributed by atoms with E-state index in [1.54, 1.807) is 12.1 Å². The van der Waals surface area contributed by atoms with E-state index in [1.165, 1.54) is 0 Å². The lowest BCUT2D eigenvalue weighted by atomic mass is 10.1. The number of anilines is 1. The van der Waals surface area contributed by atoms with Crippen molar-refractivity contribution in [3.05, 3.63) is 63.6 Å². The highest BCUT2D eigenvalue weighted by Gasteiger charge is 2.14. The van der Waals surface area contributed by atoms with Gasteiger partial charge in [0.1, 0.15) is 5.01 Å². The van der Waals surface area contributed by atoms with Crippen molar-refractivity contribution in [3.8, 4) is 11.1 Å². The molecule has 0 saturated carbocycles. The number of nitrogens with one attached hydrogen (secondary N) is 1. The fraction of sp³-hybridized carbons (Fsp3) is 0.111. The minimum absolute atomic E-state index is 0.0437. The second kappa shape index (κ2) is 8.07. The number of aryl methyl sites for hydroxylation is 1. The van der Waals surface area contributed by atoms with Crippen molar-refractivity contribution in [2.75, 3.05) is 5.32 Å². The van der Waals surface area contributed by atoms with Gasteiger partial charge in [0.2, 0.25) is 5.01 Å². The molecule has 26 heavy (non-hydrogen) atoms. The molecule has 6 nitrogen and oxygen atoms in total. The summed E-state index contributed by atoms with van der Waals surface area (Å²) in [6, 6.07) is 14.8. The van der Waals surface area contributed by atoms with Gasteiger partial charge >= 0.3 is 5.97 Å². The molecule has 0 aliphatic carbocycles. The minimum Gasteiger partial charge on any atom is -0.481 e. The largest absolute Gasteiger partial charge is 0.481 e. The van der Waals surface area contributed by atoms with E-state index >= 15 is 0 Å². The second-order valence-electron chi connectivity index (χ2n) is 5.44. The lowest BCUT2D eigenvalue weighted by Gasteiger charge is -2.07. The van der Waals surface area contributed by atoms with E-state index in [-0.39, 0.29) is 23.8 Å². The number of hydrogen-bond acceptors (Lipinski definition) is 5. The average molecular weight is 388 g/mol. The second-order valence-corrected chi connectivity index (χ2v) is 6.94. The standard InChI is InChI=1S/C18H14ClN3O3S/c19-13-5-1-3-11(9-13)12-4-2-6-14(10-12)20-17(25)18-22-21-15(26-18)7-8-16(23)24/h1-6,9-10H,7-8H2,(H,20,25)(H,23,24). The van der Waals surface area contributed by atoms with Crippen LogP contribution in [0.5, 0.6) is 0 Å². The first-order valence-electron chi connectivity index (χ1n) is 7.73. The van der Waals surface area contributed by atoms with Crippen LogP contribution in [0.3, 0.4) is 0 Å². The maximum absolute atomic E-state index is 12.3. The van der Waals surface area contributed by atoms with Crippen LogP contribution in [-0.4, -0.2) is 27.2 Å². The van der Waals surface area contributed by atoms with Gasteiger partial charge in [0.05, 0.1) is 6.42 Å². The highest BCUT2D eigenvalue weighted by Crippen LogP contribution is 2.25. The van der Waals surface area contributed by atoms with Crippen LogP contribution in [0.2, 0.25) is 5.02 Å². The van der Waals surface area contributed by atoms with E-state index in [9.17, 15) is 9.59 Å². The molecule has 0 fully saturated rings. The van der Waals surface area contributed by atoms with Crippen LogP contribution in [0.4, 0.5) is 5.69 Å². The number of aliphatic carboxylic acids is 1. The van der Waals surface area contributed by atoms with Gasteiger partial charge in [-0.05, 0) is 35.4 Å². The SMILES string of the molecule is O=C(O)CCc1nnc(C(=O)Nc2cccc(-c3cccc(Cl)c3)c2)s1. The van der Waals surface area contributed by atoms with Crippen LogP contribution in [0.1, 0.15) is 21.2 Å². The van der Waals surface area contributed by atoms with Gasteiger partial charge in [0.15, 0.2) is 0 Å². The Morgan fingerprint density at radius 3 is 2.54 bits per heavy atom. The zero-order chi connectivity index (χ0) is 18.5. The Labute approximate surface area is 158 Å². The van der Waals surface area contributed by atoms with Crippen LogP contribution in [0, 0.1) is 0 Å². The summed E-state index contributed by atoms with van der Waals surface area (Å²) in [4.78, 5) is 22.9. The van der Waals surface area contributed by atoms with Gasteiger partial charge in [0, 0.05) is 17.1 Å². The number of carbonyl (C=O) groups is 2. The number of halogens is 1. The molecule has 0 atom stereocenters. The van der Waals surface area contributed by atoms with Crippen molar-refractivity contribution in [1.82, 2.24) is 10.2 Å². The number of carboxylic acid groups (broad SMARTS) is 1. The molecule has 3 aromatic rings. The molecule has 0 radical (unpaired) electrons. The monoisotopic (exact) mass is 387 g/mol. The summed E-state index contributed by atoms with van der Waals surface area (Å²) < 4.78 is 0. The first-order chi connectivity index (χ1) is 12.5. The molecule has 1 aromatic heterocycles. The molecule has 1 amide bonds. The van der Waals surface area contributed by atoms with Crippen molar-refractivity contribution >= 4 is 40.5 Å². The van der Waals surface area contributed by atoms with Crippen LogP contribution in [0.15, 0.2) is 48.5 Å². The molecule has 3 rings (SSSR count). The van der Waals surface area contributed by atoms with Gasteiger partial charge in [-0.3, -0.25) is 9.59 Å². The molecule has 0 spiro atoms. The van der Waals surface area contributed by atoms with Gasteiger partial charge in [0.25, 0.3) is 5.91 Å². The molecule has 1 heterocycles. The summed E-state index contributed by atoms with van der Waals surface area (Å²) in [5, 5.41) is 20.5. The predicted octanol–water partition coefficient (Wildman–Crippen LogP) is 4.13. The summed E-state index contributed by atoms with van der Waals surface area (Å²) >= 11 is 7.12. The smallest absolute Gasteiger partial charge is 0.303 e. The molecule has 0 saturated heterocycles. The molecule has 8 heteroatoms. The lowest BCUT2D eigenvalue weighted by Crippen LogP contribution is -2.11. The molecule has 0 aliphatic heterocycles. The maximum atomic E-state index is 12.3. The third-order valence-electron chi connectivity index (χ3n) is 3.49. The van der Waals surface area contributed by atoms with Crippen molar-refractivity contribution in [2.45, 2.75) is 12.8 Å². The molecule has 0 unspecified atom stereocenters. The lowest BCUT2D eigenvalue weighted by molar-refractivity contribution is -0.136. The Morgan fingerprint density at radius 1 is 1.08 bits per heavy atom. The number of carbonyl (C=O) groups excluding carboxylic acids is 1. The Kier molecular flexibility index (Phi) is 5.60. The van der Waals surface area contributed by atoms with E-state index in [2.05, 4.69) is 15.5 Å². The summed E-state index contributed by atoms with van der Waals surface area (Å²) in [6.07, 6.45) is 0.211. The molecule has 0 aliphatic rings. The zero-order valence-electron chi connectivity index (χ0n) is 13.5. The Hall–Kier alpha value is -2.77. The number of amides is 1. The van der Waals surface area contributed by atoms with Gasteiger partial charge in [-0.2, -0.15) is 0 Å². The minimum atomic E-state index is -0.913. The third kappa shape index (κ3) is 4.65. The number of hydrogen-bond donors (Lipinski definition) is 2. The van der Waals surface area contributed by atoms with Gasteiger partial charge in [-0.25, -0.2) is 0 Å². The van der Waals surface area contributed by atoms with E-state index in [4.69, 9.17) is 16.7 Å². The van der Waals surface area contributed by atoms with Crippen LogP contribution in [0.25, 0.3) is 11.1 Å². The molecular formula is C18H14ClN3O3S. The van der Waals surface area contributed by atoms with Crippen LogP contribution >= 0.6 is 22.9 Å². The van der Waals surface area contributed by atoms with Crippen LogP contribution < -0.4 is 5.32 Å². The van der Waals surface area contributed by atoms with Gasteiger partial charge in [-0.15, -0.1) is 10.2 Å². The summed E-state index contributed by atoms with van der Waals surface area (Å²) in [6.45, 7) is 0. The predicted molar refractivity (Wildman–Crippen MR) is 101 cm³/mol. The number of rotatable bonds is 6. The van der Waals surface area contributed by atoms with Crippen molar-refractivity contribution in [3.63, 3.8) is 0 Å². The molecule has 2 N–H and O–H groups in total. The third-order valence-corrected chi connectivity index (χ3v) is 4.71. The van der Waals surface area contributed by atoms with Gasteiger partial charge in [-0.1, -0.05) is 47.2 Å². The van der Waals surface area contributed by atoms with E-state index in [1.807, 2.05) is 36.4 Å². The molecule has 0 bridgehead atoms. The topological polar surface area (TPSA) is 92.2 Å². The first kappa shape index (κ1) is 18.0. The fourth-order valence-corrected chi connectivity index (χ4v) is 3.21.